The first-order valence-electron chi connectivity index (χ1n) is 7.86. The average Bonchev–Trinajstić information content (AvgIpc) is 2.60. The first-order valence-corrected chi connectivity index (χ1v) is 7.86. The van der Waals surface area contributed by atoms with Crippen LogP contribution in [-0.4, -0.2) is 50.4 Å². The standard InChI is InChI=1S/C18H19F3N4O2/c1-24(2)16-10-14(18(19,20)21)9-15(23-16)13-7-5-6-12(8-13)11-22-27-17(26)25(3)4/h5-11H,1-4H3. The summed E-state index contributed by atoms with van der Waals surface area (Å²) in [4.78, 5) is 23.0. The number of anilines is 1. The molecule has 0 saturated carbocycles. The Morgan fingerprint density at radius 2 is 1.85 bits per heavy atom. The molecular weight excluding hydrogens is 361 g/mol. The number of halogens is 3. The molecule has 2 rings (SSSR count). The highest BCUT2D eigenvalue weighted by atomic mass is 19.4. The SMILES string of the molecule is CN(C)C(=O)ON=Cc1cccc(-c2cc(C(F)(F)F)cc(N(C)C)n2)c1. The molecule has 0 unspecified atom stereocenters. The van der Waals surface area contributed by atoms with Crippen LogP contribution in [-0.2, 0) is 11.0 Å². The summed E-state index contributed by atoms with van der Waals surface area (Å²) in [5, 5.41) is 3.58. The fourth-order valence-corrected chi connectivity index (χ4v) is 2.05. The Kier molecular flexibility index (Phi) is 6.04. The van der Waals surface area contributed by atoms with Crippen LogP contribution >= 0.6 is 0 Å². The number of rotatable bonds is 4. The second-order valence-electron chi connectivity index (χ2n) is 6.10. The van der Waals surface area contributed by atoms with Gasteiger partial charge in [-0.25, -0.2) is 9.78 Å². The fraction of sp³-hybridized carbons (Fsp3) is 0.278. The number of carbonyl (C=O) groups is 1. The molecule has 1 aromatic carbocycles. The van der Waals surface area contributed by atoms with Gasteiger partial charge >= 0.3 is 12.3 Å². The van der Waals surface area contributed by atoms with Gasteiger partial charge in [-0.3, -0.25) is 4.84 Å². The molecule has 1 heterocycles. The van der Waals surface area contributed by atoms with Crippen LogP contribution in [0, 0.1) is 0 Å². The number of hydrogen-bond donors (Lipinski definition) is 0. The molecule has 0 N–H and O–H groups in total. The van der Waals surface area contributed by atoms with E-state index in [2.05, 4.69) is 15.0 Å². The predicted octanol–water partition coefficient (Wildman–Crippen LogP) is 3.87. The first kappa shape index (κ1) is 20.2. The maximum Gasteiger partial charge on any atom is 0.435 e. The van der Waals surface area contributed by atoms with Crippen molar-refractivity contribution in [2.75, 3.05) is 33.1 Å². The van der Waals surface area contributed by atoms with Crippen LogP contribution in [0.25, 0.3) is 11.3 Å². The summed E-state index contributed by atoms with van der Waals surface area (Å²) in [5.41, 5.74) is 0.418. The number of pyridine rings is 1. The molecule has 0 spiro atoms. The molecule has 0 aliphatic rings. The van der Waals surface area contributed by atoms with Gasteiger partial charge in [0.2, 0.25) is 0 Å². The maximum absolute atomic E-state index is 13.2. The molecule has 27 heavy (non-hydrogen) atoms. The van der Waals surface area contributed by atoms with Gasteiger partial charge < -0.3 is 9.80 Å². The zero-order valence-corrected chi connectivity index (χ0v) is 15.3. The molecule has 0 fully saturated rings. The quantitative estimate of drug-likeness (QED) is 0.459. The molecule has 1 amide bonds. The molecule has 0 saturated heterocycles. The first-order chi connectivity index (χ1) is 12.6. The largest absolute Gasteiger partial charge is 0.435 e. The van der Waals surface area contributed by atoms with Crippen molar-refractivity contribution >= 4 is 18.1 Å². The lowest BCUT2D eigenvalue weighted by Crippen LogP contribution is -2.20. The number of carbonyl (C=O) groups excluding carboxylic acids is 1. The van der Waals surface area contributed by atoms with Gasteiger partial charge in [0.05, 0.1) is 17.5 Å². The lowest BCUT2D eigenvalue weighted by molar-refractivity contribution is -0.137. The Bertz CT molecular complexity index is 849. The van der Waals surface area contributed by atoms with Crippen LogP contribution in [0.1, 0.15) is 11.1 Å². The van der Waals surface area contributed by atoms with E-state index in [1.807, 2.05) is 0 Å². The van der Waals surface area contributed by atoms with Crippen molar-refractivity contribution < 1.29 is 22.8 Å². The lowest BCUT2D eigenvalue weighted by atomic mass is 10.1. The van der Waals surface area contributed by atoms with Crippen molar-refractivity contribution in [1.29, 1.82) is 0 Å². The number of amides is 1. The molecule has 0 atom stereocenters. The molecule has 6 nitrogen and oxygen atoms in total. The maximum atomic E-state index is 13.2. The highest BCUT2D eigenvalue weighted by Crippen LogP contribution is 2.33. The van der Waals surface area contributed by atoms with Crippen LogP contribution in [0.3, 0.4) is 0 Å². The lowest BCUT2D eigenvalue weighted by Gasteiger charge is -2.16. The van der Waals surface area contributed by atoms with Crippen molar-refractivity contribution in [1.82, 2.24) is 9.88 Å². The number of benzene rings is 1. The number of aromatic nitrogens is 1. The third-order valence-corrected chi connectivity index (χ3v) is 3.48. The van der Waals surface area contributed by atoms with E-state index in [4.69, 9.17) is 0 Å². The monoisotopic (exact) mass is 380 g/mol. The highest BCUT2D eigenvalue weighted by molar-refractivity contribution is 5.82. The smallest absolute Gasteiger partial charge is 0.363 e. The summed E-state index contributed by atoms with van der Waals surface area (Å²) in [7, 11) is 6.27. The third-order valence-electron chi connectivity index (χ3n) is 3.48. The minimum atomic E-state index is -4.48. The van der Waals surface area contributed by atoms with Crippen molar-refractivity contribution in [3.63, 3.8) is 0 Å². The summed E-state index contributed by atoms with van der Waals surface area (Å²) < 4.78 is 39.6. The minimum absolute atomic E-state index is 0.175. The Labute approximate surface area is 154 Å². The Morgan fingerprint density at radius 1 is 1.15 bits per heavy atom. The van der Waals surface area contributed by atoms with E-state index >= 15 is 0 Å². The van der Waals surface area contributed by atoms with Gasteiger partial charge in [0.15, 0.2) is 0 Å². The molecule has 0 radical (unpaired) electrons. The minimum Gasteiger partial charge on any atom is -0.363 e. The molecule has 2 aromatic rings. The molecule has 9 heteroatoms. The zero-order valence-electron chi connectivity index (χ0n) is 15.3. The second-order valence-corrected chi connectivity index (χ2v) is 6.10. The van der Waals surface area contributed by atoms with E-state index in [0.717, 1.165) is 12.1 Å². The van der Waals surface area contributed by atoms with Gasteiger partial charge in [-0.05, 0) is 23.8 Å². The number of nitrogens with zero attached hydrogens (tertiary/aromatic N) is 4. The molecule has 1 aromatic heterocycles. The zero-order chi connectivity index (χ0) is 20.2. The van der Waals surface area contributed by atoms with E-state index in [0.29, 0.717) is 11.1 Å². The van der Waals surface area contributed by atoms with Crippen molar-refractivity contribution in [3.8, 4) is 11.3 Å². The van der Waals surface area contributed by atoms with Gasteiger partial charge in [-0.2, -0.15) is 13.2 Å². The van der Waals surface area contributed by atoms with Crippen LogP contribution in [0.4, 0.5) is 23.8 Å². The van der Waals surface area contributed by atoms with Gasteiger partial charge in [0.25, 0.3) is 0 Å². The Hall–Kier alpha value is -3.10. The third kappa shape index (κ3) is 5.44. The van der Waals surface area contributed by atoms with E-state index in [-0.39, 0.29) is 11.5 Å². The predicted molar refractivity (Wildman–Crippen MR) is 96.8 cm³/mol. The van der Waals surface area contributed by atoms with Gasteiger partial charge in [0, 0.05) is 33.8 Å². The summed E-state index contributed by atoms with van der Waals surface area (Å²) in [5.74, 6) is 0.193. The Balaban J connectivity index is 2.37. The topological polar surface area (TPSA) is 58.0 Å². The van der Waals surface area contributed by atoms with E-state index < -0.39 is 17.8 Å². The fourth-order valence-electron chi connectivity index (χ4n) is 2.05. The van der Waals surface area contributed by atoms with Crippen molar-refractivity contribution in [2.45, 2.75) is 6.18 Å². The van der Waals surface area contributed by atoms with Gasteiger partial charge in [0.1, 0.15) is 5.82 Å². The van der Waals surface area contributed by atoms with Crippen LogP contribution in [0.2, 0.25) is 0 Å². The molecule has 0 aliphatic carbocycles. The highest BCUT2D eigenvalue weighted by Gasteiger charge is 2.32. The summed E-state index contributed by atoms with van der Waals surface area (Å²) in [6, 6.07) is 8.57. The van der Waals surface area contributed by atoms with Gasteiger partial charge in [-0.1, -0.05) is 23.4 Å². The molecular formula is C18H19F3N4O2. The summed E-state index contributed by atoms with van der Waals surface area (Å²) in [6.07, 6.45) is -3.83. The summed E-state index contributed by atoms with van der Waals surface area (Å²) in [6.45, 7) is 0. The van der Waals surface area contributed by atoms with Crippen LogP contribution in [0.15, 0.2) is 41.6 Å². The number of oxime groups is 1. The van der Waals surface area contributed by atoms with Crippen LogP contribution < -0.4 is 4.90 Å². The molecule has 0 aliphatic heterocycles. The van der Waals surface area contributed by atoms with Crippen LogP contribution in [0.5, 0.6) is 0 Å². The van der Waals surface area contributed by atoms with E-state index in [1.54, 1.807) is 38.4 Å². The summed E-state index contributed by atoms with van der Waals surface area (Å²) >= 11 is 0. The van der Waals surface area contributed by atoms with Crippen molar-refractivity contribution in [2.24, 2.45) is 5.16 Å². The van der Waals surface area contributed by atoms with Gasteiger partial charge in [-0.15, -0.1) is 0 Å². The van der Waals surface area contributed by atoms with E-state index in [1.165, 1.54) is 30.1 Å². The second kappa shape index (κ2) is 8.07. The van der Waals surface area contributed by atoms with E-state index in [9.17, 15) is 18.0 Å². The number of hydrogen-bond acceptors (Lipinski definition) is 5. The number of alkyl halides is 3. The molecule has 0 bridgehead atoms. The normalized spacial score (nSPS) is 11.5. The average molecular weight is 380 g/mol. The van der Waals surface area contributed by atoms with Crippen molar-refractivity contribution in [3.05, 3.63) is 47.5 Å². The molecule has 144 valence electrons. The Morgan fingerprint density at radius 3 is 2.44 bits per heavy atom.